The molecule has 0 bridgehead atoms. The van der Waals surface area contributed by atoms with E-state index >= 15 is 0 Å². The number of benzene rings is 10. The van der Waals surface area contributed by atoms with Crippen molar-refractivity contribution in [2.24, 2.45) is 0 Å². The Hall–Kier alpha value is -8.00. The molecule has 3 aliphatic rings. The van der Waals surface area contributed by atoms with Crippen molar-refractivity contribution in [2.45, 2.75) is 30.1 Å². The molecule has 13 rings (SSSR count). The van der Waals surface area contributed by atoms with Gasteiger partial charge in [0.2, 0.25) is 0 Å². The SMILES string of the molecule is CC1(C)c2ccccc2-c2ccc(N(c3ccccc3-c3ccccc3)c3cccc4c3-c3ccccc3C43c4ccccc4C(c4ccccc4)(c4ccccc4)c4ccccc43)cc21. The Morgan fingerprint density at radius 1 is 0.288 bits per heavy atom. The van der Waals surface area contributed by atoms with Crippen molar-refractivity contribution in [2.75, 3.05) is 4.90 Å². The van der Waals surface area contributed by atoms with Crippen molar-refractivity contribution in [3.8, 4) is 33.4 Å². The fourth-order valence-corrected chi connectivity index (χ4v) is 12.6. The zero-order chi connectivity index (χ0) is 44.0. The van der Waals surface area contributed by atoms with Gasteiger partial charge in [-0.05, 0) is 102 Å². The van der Waals surface area contributed by atoms with Gasteiger partial charge in [0.05, 0.1) is 22.2 Å². The summed E-state index contributed by atoms with van der Waals surface area (Å²) < 4.78 is 0. The molecule has 66 heavy (non-hydrogen) atoms. The van der Waals surface area contributed by atoms with E-state index in [1.54, 1.807) is 0 Å². The lowest BCUT2D eigenvalue weighted by Crippen LogP contribution is -2.44. The lowest BCUT2D eigenvalue weighted by atomic mass is 9.51. The Labute approximate surface area is 388 Å². The lowest BCUT2D eigenvalue weighted by molar-refractivity contribution is 0.623. The summed E-state index contributed by atoms with van der Waals surface area (Å²) in [5.74, 6) is 0. The summed E-state index contributed by atoms with van der Waals surface area (Å²) in [4.78, 5) is 2.56. The van der Waals surface area contributed by atoms with Crippen LogP contribution in [-0.2, 0) is 16.2 Å². The molecule has 0 saturated carbocycles. The highest BCUT2D eigenvalue weighted by atomic mass is 15.1. The van der Waals surface area contributed by atoms with Crippen LogP contribution in [0.4, 0.5) is 17.1 Å². The lowest BCUT2D eigenvalue weighted by Gasteiger charge is -2.50. The first-order valence-electron chi connectivity index (χ1n) is 23.3. The maximum absolute atomic E-state index is 2.56. The van der Waals surface area contributed by atoms with Gasteiger partial charge in [-0.2, -0.15) is 0 Å². The van der Waals surface area contributed by atoms with E-state index in [4.69, 9.17) is 0 Å². The highest BCUT2D eigenvalue weighted by molar-refractivity contribution is 6.01. The van der Waals surface area contributed by atoms with Gasteiger partial charge in [-0.25, -0.2) is 0 Å². The minimum absolute atomic E-state index is 0.165. The van der Waals surface area contributed by atoms with Gasteiger partial charge in [-0.3, -0.25) is 0 Å². The van der Waals surface area contributed by atoms with Crippen molar-refractivity contribution >= 4 is 17.1 Å². The van der Waals surface area contributed by atoms with Gasteiger partial charge >= 0.3 is 0 Å². The minimum Gasteiger partial charge on any atom is -0.309 e. The molecule has 0 fully saturated rings. The first-order chi connectivity index (χ1) is 32.5. The molecule has 0 atom stereocenters. The molecule has 10 aromatic rings. The molecule has 0 saturated heterocycles. The van der Waals surface area contributed by atoms with Gasteiger partial charge in [0.25, 0.3) is 0 Å². The Morgan fingerprint density at radius 2 is 0.727 bits per heavy atom. The van der Waals surface area contributed by atoms with Crippen molar-refractivity contribution in [1.82, 2.24) is 0 Å². The zero-order valence-electron chi connectivity index (χ0n) is 37.1. The Morgan fingerprint density at radius 3 is 1.35 bits per heavy atom. The van der Waals surface area contributed by atoms with Crippen LogP contribution in [-0.4, -0.2) is 0 Å². The van der Waals surface area contributed by atoms with Crippen LogP contribution in [0.15, 0.2) is 249 Å². The van der Waals surface area contributed by atoms with Crippen LogP contribution in [0.1, 0.15) is 69.5 Å². The van der Waals surface area contributed by atoms with Crippen LogP contribution in [0.5, 0.6) is 0 Å². The quantitative estimate of drug-likeness (QED) is 0.161. The van der Waals surface area contributed by atoms with E-state index in [1.807, 2.05) is 0 Å². The van der Waals surface area contributed by atoms with Gasteiger partial charge in [0.1, 0.15) is 0 Å². The van der Waals surface area contributed by atoms with E-state index in [9.17, 15) is 0 Å². The number of fused-ring (bicyclic) bond motifs is 12. The van der Waals surface area contributed by atoms with E-state index in [0.29, 0.717) is 0 Å². The van der Waals surface area contributed by atoms with Crippen LogP contribution in [0.2, 0.25) is 0 Å². The molecule has 0 aliphatic heterocycles. The molecule has 0 heterocycles. The Balaban J connectivity index is 1.13. The second-order valence-electron chi connectivity index (χ2n) is 18.7. The summed E-state index contributed by atoms with van der Waals surface area (Å²) >= 11 is 0. The fraction of sp³-hybridized carbons (Fsp3) is 0.0769. The standard InChI is InChI=1S/C65H47N/c1-63(2)52-32-15-12-30-49(52)50-42-41-47(43-59(50)63)66(60-39-21-14-29-48(60)44-23-6-3-7-24-44)61-40-22-38-58-62(61)51-31-13-16-33-53(51)65(58)56-36-19-17-34-54(56)64(45-25-8-4-9-26-45,46-27-10-5-11-28-46)55-35-18-20-37-57(55)65/h3-43H,1-2H3. The van der Waals surface area contributed by atoms with Gasteiger partial charge < -0.3 is 4.90 Å². The normalized spacial score (nSPS) is 14.9. The predicted octanol–water partition coefficient (Wildman–Crippen LogP) is 16.2. The van der Waals surface area contributed by atoms with Crippen molar-refractivity contribution in [1.29, 1.82) is 0 Å². The third-order valence-electron chi connectivity index (χ3n) is 15.2. The molecule has 0 radical (unpaired) electrons. The average Bonchev–Trinajstić information content (AvgIpc) is 3.81. The smallest absolute Gasteiger partial charge is 0.0720 e. The van der Waals surface area contributed by atoms with E-state index in [1.165, 1.54) is 89.0 Å². The Bertz CT molecular complexity index is 3420. The van der Waals surface area contributed by atoms with Gasteiger partial charge in [-0.15, -0.1) is 0 Å². The largest absolute Gasteiger partial charge is 0.309 e. The molecule has 312 valence electrons. The fourth-order valence-electron chi connectivity index (χ4n) is 12.6. The van der Waals surface area contributed by atoms with Crippen LogP contribution in [0, 0.1) is 0 Å². The molecular formula is C65H47N. The van der Waals surface area contributed by atoms with Crippen LogP contribution in [0.25, 0.3) is 33.4 Å². The molecule has 1 heteroatoms. The molecule has 0 aromatic heterocycles. The van der Waals surface area contributed by atoms with E-state index < -0.39 is 10.8 Å². The number of anilines is 3. The van der Waals surface area contributed by atoms with Crippen molar-refractivity contribution in [3.63, 3.8) is 0 Å². The first kappa shape index (κ1) is 38.5. The summed E-state index contributed by atoms with van der Waals surface area (Å²) in [6, 6.07) is 93.4. The summed E-state index contributed by atoms with van der Waals surface area (Å²) in [5, 5.41) is 0. The van der Waals surface area contributed by atoms with Crippen LogP contribution < -0.4 is 4.90 Å². The Kier molecular flexibility index (Phi) is 8.45. The second kappa shape index (κ2) is 14.5. The molecule has 10 aromatic carbocycles. The van der Waals surface area contributed by atoms with Gasteiger partial charge in [-0.1, -0.05) is 238 Å². The van der Waals surface area contributed by atoms with E-state index in [-0.39, 0.29) is 5.41 Å². The third-order valence-corrected chi connectivity index (χ3v) is 15.2. The molecule has 0 amide bonds. The number of para-hydroxylation sites is 1. The van der Waals surface area contributed by atoms with Gasteiger partial charge in [0.15, 0.2) is 0 Å². The maximum atomic E-state index is 2.56. The summed E-state index contributed by atoms with van der Waals surface area (Å²) in [6.45, 7) is 4.76. The average molecular weight is 842 g/mol. The molecule has 1 nitrogen and oxygen atoms in total. The molecule has 0 N–H and O–H groups in total. The molecule has 3 aliphatic carbocycles. The molecule has 0 unspecified atom stereocenters. The van der Waals surface area contributed by atoms with E-state index in [0.717, 1.165) is 17.1 Å². The number of rotatable bonds is 6. The third kappa shape index (κ3) is 5.11. The van der Waals surface area contributed by atoms with E-state index in [2.05, 4.69) is 267 Å². The summed E-state index contributed by atoms with van der Waals surface area (Å²) in [5.41, 5.74) is 22.7. The number of hydrogen-bond donors (Lipinski definition) is 0. The van der Waals surface area contributed by atoms with Crippen molar-refractivity contribution in [3.05, 3.63) is 304 Å². The zero-order valence-corrected chi connectivity index (χ0v) is 37.1. The van der Waals surface area contributed by atoms with Gasteiger partial charge in [0, 0.05) is 22.2 Å². The summed E-state index contributed by atoms with van der Waals surface area (Å²) in [6.07, 6.45) is 0. The number of nitrogens with zero attached hydrogens (tertiary/aromatic N) is 1. The maximum Gasteiger partial charge on any atom is 0.0720 e. The van der Waals surface area contributed by atoms with Crippen molar-refractivity contribution < 1.29 is 0 Å². The second-order valence-corrected chi connectivity index (χ2v) is 18.7. The monoisotopic (exact) mass is 841 g/mol. The first-order valence-corrected chi connectivity index (χ1v) is 23.3. The predicted molar refractivity (Wildman–Crippen MR) is 273 cm³/mol. The topological polar surface area (TPSA) is 3.24 Å². The van der Waals surface area contributed by atoms with Crippen LogP contribution >= 0.6 is 0 Å². The minimum atomic E-state index is -0.617. The highest BCUT2D eigenvalue weighted by Crippen LogP contribution is 2.66. The highest BCUT2D eigenvalue weighted by Gasteiger charge is 2.57. The van der Waals surface area contributed by atoms with Crippen LogP contribution in [0.3, 0.4) is 0 Å². The molecular weight excluding hydrogens is 795 g/mol. The summed E-state index contributed by atoms with van der Waals surface area (Å²) in [7, 11) is 0. The molecule has 1 spiro atoms. The number of hydrogen-bond acceptors (Lipinski definition) is 1.